The largest absolute Gasteiger partial charge is 0.388 e. The normalized spacial score (nSPS) is 12.3. The third-order valence-electron chi connectivity index (χ3n) is 5.66. The average molecular weight is 416 g/mol. The molecule has 154 valence electrons. The van der Waals surface area contributed by atoms with Gasteiger partial charge in [0, 0.05) is 45.9 Å². The van der Waals surface area contributed by atoms with E-state index in [2.05, 4.69) is 68.8 Å². The van der Waals surface area contributed by atoms with Gasteiger partial charge in [-0.05, 0) is 72.8 Å². The summed E-state index contributed by atoms with van der Waals surface area (Å²) >= 11 is 0. The lowest BCUT2D eigenvalue weighted by Gasteiger charge is -2.07. The second-order valence-corrected chi connectivity index (χ2v) is 7.88. The molecule has 2 aliphatic heterocycles. The molecule has 32 heavy (non-hydrogen) atoms. The fourth-order valence-electron chi connectivity index (χ4n) is 4.18. The summed E-state index contributed by atoms with van der Waals surface area (Å²) in [4.78, 5) is 16.5. The minimum Gasteiger partial charge on any atom is -0.388 e. The summed E-state index contributed by atoms with van der Waals surface area (Å²) in [6, 6.07) is 22.9. The van der Waals surface area contributed by atoms with Gasteiger partial charge in [-0.2, -0.15) is 0 Å². The number of anilines is 1. The van der Waals surface area contributed by atoms with E-state index >= 15 is 0 Å². The van der Waals surface area contributed by atoms with Crippen molar-refractivity contribution >= 4 is 52.1 Å². The number of H-pyrrole nitrogens is 2. The maximum Gasteiger partial charge on any atom is 0.0659 e. The van der Waals surface area contributed by atoms with E-state index in [4.69, 9.17) is 4.98 Å². The van der Waals surface area contributed by atoms with Gasteiger partial charge < -0.3 is 15.3 Å². The number of aromatic nitrogens is 4. The first kappa shape index (κ1) is 18.4. The number of nitrogens with zero attached hydrogens (tertiary/aromatic N) is 2. The minimum atomic E-state index is 0.894. The van der Waals surface area contributed by atoms with E-state index in [1.54, 1.807) is 0 Å². The maximum atomic E-state index is 4.78. The zero-order valence-corrected chi connectivity index (χ0v) is 17.6. The molecule has 0 fully saturated rings. The van der Waals surface area contributed by atoms with Crippen molar-refractivity contribution in [1.29, 1.82) is 0 Å². The monoisotopic (exact) mass is 415 g/mol. The van der Waals surface area contributed by atoms with E-state index in [1.807, 2.05) is 49.6 Å². The van der Waals surface area contributed by atoms with E-state index in [1.165, 1.54) is 0 Å². The predicted octanol–water partition coefficient (Wildman–Crippen LogP) is 6.36. The Morgan fingerprint density at radius 1 is 0.594 bits per heavy atom. The van der Waals surface area contributed by atoms with Crippen LogP contribution in [0.2, 0.25) is 0 Å². The molecule has 6 rings (SSSR count). The summed E-state index contributed by atoms with van der Waals surface area (Å²) < 4.78 is 0. The first-order valence-corrected chi connectivity index (χ1v) is 10.6. The highest BCUT2D eigenvalue weighted by molar-refractivity contribution is 5.92. The summed E-state index contributed by atoms with van der Waals surface area (Å²) in [7, 11) is 1.95. The minimum absolute atomic E-state index is 0.894. The molecule has 2 aliphatic rings. The van der Waals surface area contributed by atoms with Gasteiger partial charge in [-0.25, -0.2) is 9.97 Å². The molecule has 5 nitrogen and oxygen atoms in total. The molecule has 0 radical (unpaired) electrons. The van der Waals surface area contributed by atoms with Crippen LogP contribution in [0.3, 0.4) is 0 Å². The predicted molar refractivity (Wildman–Crippen MR) is 134 cm³/mol. The van der Waals surface area contributed by atoms with Gasteiger partial charge in [0.25, 0.3) is 0 Å². The number of aromatic amines is 2. The Balaban J connectivity index is 1.68. The summed E-state index contributed by atoms with van der Waals surface area (Å²) in [5.74, 6) is 0. The van der Waals surface area contributed by atoms with Gasteiger partial charge in [0.2, 0.25) is 0 Å². The lowest BCUT2D eigenvalue weighted by Crippen LogP contribution is -1.90. The Hall–Kier alpha value is -4.38. The standard InChI is InChI=1S/C27H21N5/c1-28-26-5-3-2-4-24(26)25-15-23-14-21-9-8-19(30-21)12-17-6-7-18(29-17)13-20-10-11-22(31-20)16-27(25)32-23/h2-16,28,30,32H,1H3. The maximum absolute atomic E-state index is 4.78. The van der Waals surface area contributed by atoms with Crippen molar-refractivity contribution in [3.8, 4) is 11.1 Å². The number of nitrogens with one attached hydrogen (secondary N) is 3. The van der Waals surface area contributed by atoms with Crippen LogP contribution in [0.1, 0.15) is 22.8 Å². The summed E-state index contributed by atoms with van der Waals surface area (Å²) in [6.45, 7) is 0. The fourth-order valence-corrected chi connectivity index (χ4v) is 4.18. The van der Waals surface area contributed by atoms with Crippen LogP contribution in [0.25, 0.3) is 57.5 Å². The Morgan fingerprint density at radius 3 is 2.00 bits per heavy atom. The van der Waals surface area contributed by atoms with Crippen molar-refractivity contribution in [3.05, 3.63) is 89.5 Å². The first-order chi connectivity index (χ1) is 15.7. The topological polar surface area (TPSA) is 69.4 Å². The Bertz CT molecular complexity index is 1570. The van der Waals surface area contributed by atoms with Gasteiger partial charge in [-0.15, -0.1) is 0 Å². The summed E-state index contributed by atoms with van der Waals surface area (Å²) in [5, 5.41) is 3.31. The Labute approximate surface area is 185 Å². The number of hydrogen-bond donors (Lipinski definition) is 3. The van der Waals surface area contributed by atoms with E-state index in [-0.39, 0.29) is 0 Å². The average Bonchev–Trinajstić information content (AvgIpc) is 3.59. The van der Waals surface area contributed by atoms with Crippen molar-refractivity contribution < 1.29 is 0 Å². The van der Waals surface area contributed by atoms with Gasteiger partial charge in [-0.3, -0.25) is 0 Å². The third kappa shape index (κ3) is 3.40. The number of rotatable bonds is 2. The van der Waals surface area contributed by atoms with Gasteiger partial charge in [-0.1, -0.05) is 18.2 Å². The van der Waals surface area contributed by atoms with Crippen molar-refractivity contribution in [2.24, 2.45) is 0 Å². The van der Waals surface area contributed by atoms with Gasteiger partial charge in [0.15, 0.2) is 0 Å². The fraction of sp³-hybridized carbons (Fsp3) is 0.0370. The van der Waals surface area contributed by atoms with Crippen LogP contribution in [-0.4, -0.2) is 27.0 Å². The van der Waals surface area contributed by atoms with Crippen LogP contribution in [0.5, 0.6) is 0 Å². The van der Waals surface area contributed by atoms with Gasteiger partial charge >= 0.3 is 0 Å². The first-order valence-electron chi connectivity index (χ1n) is 10.6. The third-order valence-corrected chi connectivity index (χ3v) is 5.66. The molecular formula is C27H21N5. The Kier molecular flexibility index (Phi) is 4.25. The number of benzene rings is 1. The van der Waals surface area contributed by atoms with E-state index in [9.17, 15) is 0 Å². The molecule has 8 bridgehead atoms. The zero-order chi connectivity index (χ0) is 21.5. The van der Waals surface area contributed by atoms with Crippen LogP contribution in [0.4, 0.5) is 5.69 Å². The summed E-state index contributed by atoms with van der Waals surface area (Å²) in [5.41, 5.74) is 11.0. The second kappa shape index (κ2) is 7.39. The summed E-state index contributed by atoms with van der Waals surface area (Å²) in [6.07, 6.45) is 8.10. The molecule has 3 aromatic heterocycles. The highest BCUT2D eigenvalue weighted by Gasteiger charge is 2.09. The van der Waals surface area contributed by atoms with E-state index in [0.717, 1.165) is 61.7 Å². The van der Waals surface area contributed by atoms with Crippen LogP contribution in [-0.2, 0) is 0 Å². The molecule has 0 saturated carbocycles. The lowest BCUT2D eigenvalue weighted by molar-refractivity contribution is 1.28. The van der Waals surface area contributed by atoms with Crippen molar-refractivity contribution in [1.82, 2.24) is 19.9 Å². The van der Waals surface area contributed by atoms with Crippen LogP contribution in [0, 0.1) is 0 Å². The van der Waals surface area contributed by atoms with Gasteiger partial charge in [0.05, 0.1) is 22.8 Å². The molecule has 4 aromatic rings. The van der Waals surface area contributed by atoms with Crippen LogP contribution >= 0.6 is 0 Å². The molecule has 0 amide bonds. The van der Waals surface area contributed by atoms with Crippen molar-refractivity contribution in [2.75, 3.05) is 12.4 Å². The molecule has 0 atom stereocenters. The quantitative estimate of drug-likeness (QED) is 0.308. The molecule has 5 heteroatoms. The highest BCUT2D eigenvalue weighted by Crippen LogP contribution is 2.32. The van der Waals surface area contributed by atoms with E-state index < -0.39 is 0 Å². The van der Waals surface area contributed by atoms with E-state index in [0.29, 0.717) is 0 Å². The Morgan fingerprint density at radius 2 is 1.25 bits per heavy atom. The van der Waals surface area contributed by atoms with Gasteiger partial charge in [0.1, 0.15) is 0 Å². The number of fused-ring (bicyclic) bond motifs is 8. The molecule has 0 aliphatic carbocycles. The number of para-hydroxylation sites is 1. The highest BCUT2D eigenvalue weighted by atomic mass is 14.8. The molecule has 0 saturated heterocycles. The molecule has 5 heterocycles. The molecule has 3 N–H and O–H groups in total. The lowest BCUT2D eigenvalue weighted by atomic mass is 10.0. The smallest absolute Gasteiger partial charge is 0.0659 e. The number of hydrogen-bond acceptors (Lipinski definition) is 3. The molecule has 0 spiro atoms. The SMILES string of the molecule is CNc1ccccc1-c1cc2cc3ccc(cc4nc(cc5nc(cc1[nH]2)C=C5)C=C4)[nH]3. The zero-order valence-electron chi connectivity index (χ0n) is 17.6. The molecular weight excluding hydrogens is 394 g/mol. The van der Waals surface area contributed by atoms with Crippen molar-refractivity contribution in [3.63, 3.8) is 0 Å². The second-order valence-electron chi connectivity index (χ2n) is 7.88. The van der Waals surface area contributed by atoms with Crippen molar-refractivity contribution in [2.45, 2.75) is 0 Å². The molecule has 1 aromatic carbocycles. The molecule has 0 unspecified atom stereocenters. The van der Waals surface area contributed by atoms with Crippen LogP contribution < -0.4 is 5.32 Å². The van der Waals surface area contributed by atoms with Crippen LogP contribution in [0.15, 0.2) is 66.7 Å².